The van der Waals surface area contributed by atoms with Crippen LogP contribution >= 0.6 is 11.6 Å². The fourth-order valence-corrected chi connectivity index (χ4v) is 2.70. The Kier molecular flexibility index (Phi) is 4.14. The number of halogens is 2. The zero-order valence-electron chi connectivity index (χ0n) is 9.06. The molecule has 2 atom stereocenters. The van der Waals surface area contributed by atoms with Crippen molar-refractivity contribution in [2.45, 2.75) is 18.1 Å². The van der Waals surface area contributed by atoms with Crippen LogP contribution in [0.2, 0.25) is 0 Å². The molecule has 0 saturated carbocycles. The molecule has 8 heteroatoms. The highest BCUT2D eigenvalue weighted by atomic mass is 35.5. The molecule has 1 rings (SSSR count). The first-order valence-electron chi connectivity index (χ1n) is 4.73. The van der Waals surface area contributed by atoms with Crippen LogP contribution in [0.1, 0.15) is 6.42 Å². The molecule has 0 aromatic heterocycles. The van der Waals surface area contributed by atoms with Crippen LogP contribution < -0.4 is 0 Å². The van der Waals surface area contributed by atoms with E-state index in [1.165, 1.54) is 16.3 Å². The van der Waals surface area contributed by atoms with Crippen molar-refractivity contribution >= 4 is 27.5 Å². The van der Waals surface area contributed by atoms with Gasteiger partial charge in [0, 0.05) is 26.2 Å². The van der Waals surface area contributed by atoms with E-state index < -0.39 is 21.6 Å². The second-order valence-electron chi connectivity index (χ2n) is 3.81. The third kappa shape index (κ3) is 3.05. The third-order valence-electron chi connectivity index (χ3n) is 2.68. The number of carbonyl (C=O) groups excluding carboxylic acids is 1. The molecule has 16 heavy (non-hydrogen) atoms. The number of rotatable bonds is 3. The van der Waals surface area contributed by atoms with Crippen LogP contribution in [-0.2, 0) is 14.8 Å². The molecule has 1 fully saturated rings. The molecular formula is C8H14ClFN2O3S. The topological polar surface area (TPSA) is 57.7 Å². The highest BCUT2D eigenvalue weighted by Gasteiger charge is 2.34. The van der Waals surface area contributed by atoms with Crippen molar-refractivity contribution in [3.8, 4) is 0 Å². The van der Waals surface area contributed by atoms with Gasteiger partial charge in [0.2, 0.25) is 10.0 Å². The van der Waals surface area contributed by atoms with Crippen molar-refractivity contribution < 1.29 is 17.6 Å². The molecule has 1 aliphatic heterocycles. The highest BCUT2D eigenvalue weighted by Crippen LogP contribution is 2.18. The first-order valence-corrected chi connectivity index (χ1v) is 7.02. The van der Waals surface area contributed by atoms with Gasteiger partial charge in [-0.15, -0.1) is 0 Å². The van der Waals surface area contributed by atoms with Crippen LogP contribution in [0, 0.1) is 0 Å². The Morgan fingerprint density at radius 1 is 1.62 bits per heavy atom. The summed E-state index contributed by atoms with van der Waals surface area (Å²) in [5, 5.41) is 0. The summed E-state index contributed by atoms with van der Waals surface area (Å²) in [4.78, 5) is 12.4. The largest absolute Gasteiger partial charge is 0.338 e. The summed E-state index contributed by atoms with van der Waals surface area (Å²) in [6.45, 7) is 0.547. The molecule has 0 aromatic rings. The molecule has 1 heterocycles. The number of sulfonamides is 1. The number of likely N-dealkylation sites (N-methyl/N-ethyl adjacent to an activating group) is 1. The second-order valence-corrected chi connectivity index (χ2v) is 6.18. The number of hydrogen-bond acceptors (Lipinski definition) is 3. The maximum atomic E-state index is 12.6. The van der Waals surface area contributed by atoms with E-state index in [2.05, 4.69) is 0 Å². The predicted molar refractivity (Wildman–Crippen MR) is 58.3 cm³/mol. The Bertz CT molecular complexity index is 373. The summed E-state index contributed by atoms with van der Waals surface area (Å²) in [5.74, 6) is -0.831. The van der Waals surface area contributed by atoms with Crippen LogP contribution in [0.25, 0.3) is 0 Å². The van der Waals surface area contributed by atoms with Gasteiger partial charge in [0.15, 0.2) is 0 Å². The van der Waals surface area contributed by atoms with Gasteiger partial charge >= 0.3 is 0 Å². The van der Waals surface area contributed by atoms with Crippen LogP contribution in [0.5, 0.6) is 0 Å². The average molecular weight is 273 g/mol. The van der Waals surface area contributed by atoms with Crippen LogP contribution in [0.4, 0.5) is 4.39 Å². The standard InChI is InChI=1S/C8H14ClFN2O3S/c1-11(8(13)7(9)10)6-3-4-12(5-6)16(2,14)15/h6-7H,3-5H2,1-2H3. The van der Waals surface area contributed by atoms with Gasteiger partial charge in [0.25, 0.3) is 11.5 Å². The maximum Gasteiger partial charge on any atom is 0.272 e. The fourth-order valence-electron chi connectivity index (χ4n) is 1.66. The zero-order valence-corrected chi connectivity index (χ0v) is 10.6. The molecule has 1 amide bonds. The van der Waals surface area contributed by atoms with Gasteiger partial charge in [-0.3, -0.25) is 4.79 Å². The Labute approximate surface area is 99.2 Å². The molecule has 1 aliphatic rings. The SMILES string of the molecule is CN(C(=O)C(F)Cl)C1CCN(S(C)(=O)=O)C1. The van der Waals surface area contributed by atoms with Crippen molar-refractivity contribution in [2.75, 3.05) is 26.4 Å². The van der Waals surface area contributed by atoms with Crippen molar-refractivity contribution in [2.24, 2.45) is 0 Å². The first kappa shape index (κ1) is 13.7. The minimum Gasteiger partial charge on any atom is -0.338 e. The maximum absolute atomic E-state index is 12.6. The molecule has 0 spiro atoms. The van der Waals surface area contributed by atoms with E-state index in [9.17, 15) is 17.6 Å². The monoisotopic (exact) mass is 272 g/mol. The van der Waals surface area contributed by atoms with Gasteiger partial charge in [-0.25, -0.2) is 17.1 Å². The Balaban J connectivity index is 2.63. The summed E-state index contributed by atoms with van der Waals surface area (Å²) in [6.07, 6.45) is 1.61. The molecule has 0 aliphatic carbocycles. The number of alkyl halides is 2. The van der Waals surface area contributed by atoms with E-state index in [1.54, 1.807) is 0 Å². The number of hydrogen-bond donors (Lipinski definition) is 0. The van der Waals surface area contributed by atoms with Crippen molar-refractivity contribution in [3.63, 3.8) is 0 Å². The van der Waals surface area contributed by atoms with E-state index >= 15 is 0 Å². The first-order chi connectivity index (χ1) is 7.23. The number of amides is 1. The molecule has 0 radical (unpaired) electrons. The molecule has 0 bridgehead atoms. The number of carbonyl (C=O) groups is 1. The van der Waals surface area contributed by atoms with E-state index in [1.807, 2.05) is 0 Å². The van der Waals surface area contributed by atoms with Gasteiger partial charge in [-0.2, -0.15) is 0 Å². The van der Waals surface area contributed by atoms with Gasteiger partial charge < -0.3 is 4.90 Å². The average Bonchev–Trinajstić information content (AvgIpc) is 2.63. The molecule has 5 nitrogen and oxygen atoms in total. The van der Waals surface area contributed by atoms with Crippen LogP contribution in [-0.4, -0.2) is 61.6 Å². The highest BCUT2D eigenvalue weighted by molar-refractivity contribution is 7.88. The second kappa shape index (κ2) is 4.85. The third-order valence-corrected chi connectivity index (χ3v) is 4.13. The predicted octanol–water partition coefficient (Wildman–Crippen LogP) is 0.0131. The van der Waals surface area contributed by atoms with E-state index in [0.29, 0.717) is 13.0 Å². The van der Waals surface area contributed by atoms with Gasteiger partial charge in [-0.1, -0.05) is 11.6 Å². The van der Waals surface area contributed by atoms with Crippen molar-refractivity contribution in [1.82, 2.24) is 9.21 Å². The van der Waals surface area contributed by atoms with Crippen LogP contribution in [0.3, 0.4) is 0 Å². The van der Waals surface area contributed by atoms with Crippen molar-refractivity contribution in [3.05, 3.63) is 0 Å². The van der Waals surface area contributed by atoms with Crippen LogP contribution in [0.15, 0.2) is 0 Å². The van der Waals surface area contributed by atoms with Crippen molar-refractivity contribution in [1.29, 1.82) is 0 Å². The fraction of sp³-hybridized carbons (Fsp3) is 0.875. The van der Waals surface area contributed by atoms with E-state index in [-0.39, 0.29) is 12.6 Å². The molecule has 0 N–H and O–H groups in total. The zero-order chi connectivity index (χ0) is 12.5. The van der Waals surface area contributed by atoms with Gasteiger partial charge in [-0.05, 0) is 6.42 Å². The molecular weight excluding hydrogens is 259 g/mol. The summed E-state index contributed by atoms with van der Waals surface area (Å²) in [6, 6.07) is -0.306. The Morgan fingerprint density at radius 3 is 2.56 bits per heavy atom. The number of nitrogens with zero attached hydrogens (tertiary/aromatic N) is 2. The molecule has 0 aromatic carbocycles. The quantitative estimate of drug-likeness (QED) is 0.680. The summed E-state index contributed by atoms with van der Waals surface area (Å²) < 4.78 is 36.3. The summed E-state index contributed by atoms with van der Waals surface area (Å²) in [5.41, 5.74) is -2.07. The Morgan fingerprint density at radius 2 is 2.19 bits per heavy atom. The minimum absolute atomic E-state index is 0.199. The molecule has 2 unspecified atom stereocenters. The smallest absolute Gasteiger partial charge is 0.272 e. The summed E-state index contributed by atoms with van der Waals surface area (Å²) >= 11 is 5.04. The lowest BCUT2D eigenvalue weighted by molar-refractivity contribution is -0.134. The summed E-state index contributed by atoms with van der Waals surface area (Å²) in [7, 11) is -1.82. The normalized spacial score (nSPS) is 24.4. The van der Waals surface area contributed by atoms with E-state index in [4.69, 9.17) is 11.6 Å². The lowest BCUT2D eigenvalue weighted by atomic mass is 10.2. The molecule has 94 valence electrons. The lowest BCUT2D eigenvalue weighted by Gasteiger charge is -2.24. The molecule has 1 saturated heterocycles. The van der Waals surface area contributed by atoms with Gasteiger partial charge in [0.1, 0.15) is 0 Å². The minimum atomic E-state index is -3.25. The van der Waals surface area contributed by atoms with E-state index in [0.717, 1.165) is 6.26 Å². The lowest BCUT2D eigenvalue weighted by Crippen LogP contribution is -2.42. The van der Waals surface area contributed by atoms with Gasteiger partial charge in [0.05, 0.1) is 6.26 Å². The Hall–Kier alpha value is -0.400.